The Morgan fingerprint density at radius 3 is 2.11 bits per heavy atom. The number of nitrogens with two attached hydrogens (primary N) is 3. The molecule has 0 saturated heterocycles. The summed E-state index contributed by atoms with van der Waals surface area (Å²) >= 11 is 0. The zero-order chi connectivity index (χ0) is 20.8. The van der Waals surface area contributed by atoms with Crippen LogP contribution in [0.1, 0.15) is 11.1 Å². The second-order valence-corrected chi connectivity index (χ2v) is 6.01. The number of nitrogen functional groups attached to an aromatic ring is 1. The highest BCUT2D eigenvalue weighted by atomic mass is 16.5. The van der Waals surface area contributed by atoms with Gasteiger partial charge in [-0.1, -0.05) is 0 Å². The molecule has 0 saturated carbocycles. The van der Waals surface area contributed by atoms with Crippen molar-refractivity contribution in [1.29, 1.82) is 0 Å². The van der Waals surface area contributed by atoms with Gasteiger partial charge < -0.3 is 31.4 Å². The molecule has 1 aromatic heterocycles. The number of rotatable bonds is 4. The Balaban J connectivity index is 0.000000640. The number of aromatic nitrogens is 1. The van der Waals surface area contributed by atoms with Gasteiger partial charge in [-0.3, -0.25) is 4.98 Å². The van der Waals surface area contributed by atoms with Crippen molar-refractivity contribution in [2.24, 2.45) is 11.5 Å². The number of fused-ring (bicyclic) bond motifs is 1. The van der Waals surface area contributed by atoms with E-state index in [1.807, 2.05) is 44.2 Å². The third-order valence-corrected chi connectivity index (χ3v) is 3.99. The van der Waals surface area contributed by atoms with Gasteiger partial charge in [-0.05, 0) is 49.2 Å². The first-order chi connectivity index (χ1) is 13.3. The second-order valence-electron chi connectivity index (χ2n) is 6.01. The standard InChI is InChI=1S/C19H20N2O3.CH4N2O/c1-11-8-17(12(2)7-14(11)20)24-16-5-6-21-15-10-19(23-4)18(22-3)9-13(15)16;2-1(3)4/h5-10H,20H2,1-4H3;(H4,2,3,4). The van der Waals surface area contributed by atoms with Crippen molar-refractivity contribution in [3.8, 4) is 23.0 Å². The molecule has 2 amide bonds. The summed E-state index contributed by atoms with van der Waals surface area (Å²) in [6.07, 6.45) is 1.71. The number of methoxy groups -OCH3 is 2. The molecular formula is C20H24N4O4. The topological polar surface area (TPSA) is 136 Å². The van der Waals surface area contributed by atoms with E-state index in [0.29, 0.717) is 17.2 Å². The van der Waals surface area contributed by atoms with Crippen molar-refractivity contribution in [3.63, 3.8) is 0 Å². The minimum Gasteiger partial charge on any atom is -0.493 e. The predicted molar refractivity (Wildman–Crippen MR) is 109 cm³/mol. The van der Waals surface area contributed by atoms with Crippen LogP contribution in [-0.2, 0) is 0 Å². The van der Waals surface area contributed by atoms with Crippen LogP contribution in [0.25, 0.3) is 10.9 Å². The summed E-state index contributed by atoms with van der Waals surface area (Å²) in [5.74, 6) is 2.74. The molecule has 0 aliphatic carbocycles. The maximum absolute atomic E-state index is 9.00. The van der Waals surface area contributed by atoms with Crippen LogP contribution in [-0.4, -0.2) is 25.2 Å². The number of benzene rings is 2. The normalized spacial score (nSPS) is 10.0. The molecule has 6 N–H and O–H groups in total. The molecule has 0 radical (unpaired) electrons. The minimum atomic E-state index is -0.833. The van der Waals surface area contributed by atoms with Gasteiger partial charge >= 0.3 is 6.03 Å². The van der Waals surface area contributed by atoms with Crippen molar-refractivity contribution in [2.45, 2.75) is 13.8 Å². The maximum atomic E-state index is 9.00. The van der Waals surface area contributed by atoms with E-state index in [1.165, 1.54) is 0 Å². The Labute approximate surface area is 163 Å². The molecule has 0 atom stereocenters. The third-order valence-electron chi connectivity index (χ3n) is 3.99. The van der Waals surface area contributed by atoms with E-state index >= 15 is 0 Å². The van der Waals surface area contributed by atoms with E-state index in [-0.39, 0.29) is 0 Å². The predicted octanol–water partition coefficient (Wildman–Crippen LogP) is 3.27. The molecule has 0 bridgehead atoms. The van der Waals surface area contributed by atoms with Gasteiger partial charge in [-0.2, -0.15) is 0 Å². The molecule has 8 nitrogen and oxygen atoms in total. The number of nitrogens with zero attached hydrogens (tertiary/aromatic N) is 1. The second kappa shape index (κ2) is 8.81. The maximum Gasteiger partial charge on any atom is 0.309 e. The van der Waals surface area contributed by atoms with Crippen LogP contribution in [0.15, 0.2) is 36.5 Å². The largest absolute Gasteiger partial charge is 0.493 e. The zero-order valence-electron chi connectivity index (χ0n) is 16.3. The molecule has 0 aliphatic rings. The Kier molecular flexibility index (Phi) is 6.49. The SMILES string of the molecule is COc1cc2nccc(Oc3cc(C)c(N)cc3C)c2cc1OC.NC(N)=O. The first kappa shape index (κ1) is 20.6. The van der Waals surface area contributed by atoms with Gasteiger partial charge in [0.15, 0.2) is 11.5 Å². The average molecular weight is 384 g/mol. The highest BCUT2D eigenvalue weighted by Gasteiger charge is 2.12. The van der Waals surface area contributed by atoms with E-state index in [9.17, 15) is 0 Å². The number of carbonyl (C=O) groups is 1. The Bertz CT molecular complexity index is 1000. The quantitative estimate of drug-likeness (QED) is 0.591. The number of aryl methyl sites for hydroxylation is 2. The smallest absolute Gasteiger partial charge is 0.309 e. The average Bonchev–Trinajstić information content (AvgIpc) is 2.64. The number of hydrogen-bond donors (Lipinski definition) is 3. The van der Waals surface area contributed by atoms with Gasteiger partial charge in [0, 0.05) is 23.3 Å². The van der Waals surface area contributed by atoms with Gasteiger partial charge in [0.2, 0.25) is 0 Å². The molecule has 3 aromatic rings. The lowest BCUT2D eigenvalue weighted by atomic mass is 10.1. The Hall–Kier alpha value is -3.68. The first-order valence-corrected chi connectivity index (χ1v) is 8.37. The molecule has 8 heteroatoms. The van der Waals surface area contributed by atoms with Crippen LogP contribution in [0.2, 0.25) is 0 Å². The number of amides is 2. The van der Waals surface area contributed by atoms with E-state index in [0.717, 1.165) is 33.5 Å². The van der Waals surface area contributed by atoms with Crippen LogP contribution in [0.3, 0.4) is 0 Å². The summed E-state index contributed by atoms with van der Waals surface area (Å²) < 4.78 is 16.9. The summed E-state index contributed by atoms with van der Waals surface area (Å²) in [6, 6.07) is 8.56. The van der Waals surface area contributed by atoms with Gasteiger partial charge in [0.05, 0.1) is 19.7 Å². The molecule has 148 valence electrons. The molecule has 3 rings (SSSR count). The summed E-state index contributed by atoms with van der Waals surface area (Å²) in [4.78, 5) is 13.4. The van der Waals surface area contributed by atoms with Gasteiger partial charge in [-0.25, -0.2) is 4.79 Å². The number of carbonyl (C=O) groups excluding carboxylic acids is 1. The molecule has 28 heavy (non-hydrogen) atoms. The lowest BCUT2D eigenvalue weighted by Gasteiger charge is -2.14. The van der Waals surface area contributed by atoms with Gasteiger partial charge in [0.25, 0.3) is 0 Å². The van der Waals surface area contributed by atoms with Crippen LogP contribution >= 0.6 is 0 Å². The Morgan fingerprint density at radius 1 is 0.893 bits per heavy atom. The highest BCUT2D eigenvalue weighted by molar-refractivity contribution is 5.88. The summed E-state index contributed by atoms with van der Waals surface area (Å²) in [6.45, 7) is 3.93. The molecule has 0 unspecified atom stereocenters. The fraction of sp³-hybridized carbons (Fsp3) is 0.200. The number of urea groups is 1. The highest BCUT2D eigenvalue weighted by Crippen LogP contribution is 2.37. The Morgan fingerprint density at radius 2 is 1.50 bits per heavy atom. The molecular weight excluding hydrogens is 360 g/mol. The third kappa shape index (κ3) is 4.73. The molecule has 0 aliphatic heterocycles. The zero-order valence-corrected chi connectivity index (χ0v) is 16.3. The lowest BCUT2D eigenvalue weighted by molar-refractivity contribution is 0.256. The van der Waals surface area contributed by atoms with E-state index < -0.39 is 6.03 Å². The van der Waals surface area contributed by atoms with Crippen molar-refractivity contribution in [2.75, 3.05) is 20.0 Å². The molecule has 0 fully saturated rings. The van der Waals surface area contributed by atoms with E-state index in [4.69, 9.17) is 24.7 Å². The fourth-order valence-electron chi connectivity index (χ4n) is 2.58. The van der Waals surface area contributed by atoms with Crippen molar-refractivity contribution in [3.05, 3.63) is 47.7 Å². The number of ether oxygens (including phenoxy) is 3. The summed E-state index contributed by atoms with van der Waals surface area (Å²) in [5.41, 5.74) is 17.9. The monoisotopic (exact) mass is 384 g/mol. The summed E-state index contributed by atoms with van der Waals surface area (Å²) in [5, 5.41) is 0.851. The van der Waals surface area contributed by atoms with Crippen molar-refractivity contribution in [1.82, 2.24) is 4.98 Å². The molecule has 0 spiro atoms. The van der Waals surface area contributed by atoms with E-state index in [1.54, 1.807) is 20.4 Å². The number of anilines is 1. The van der Waals surface area contributed by atoms with Crippen LogP contribution in [0, 0.1) is 13.8 Å². The molecule has 2 aromatic carbocycles. The van der Waals surface area contributed by atoms with Gasteiger partial charge in [-0.15, -0.1) is 0 Å². The van der Waals surface area contributed by atoms with E-state index in [2.05, 4.69) is 16.5 Å². The number of primary amides is 2. The fourth-order valence-corrected chi connectivity index (χ4v) is 2.58. The van der Waals surface area contributed by atoms with Crippen LogP contribution in [0.4, 0.5) is 10.5 Å². The van der Waals surface area contributed by atoms with Gasteiger partial charge in [0.1, 0.15) is 11.5 Å². The van der Waals surface area contributed by atoms with Crippen LogP contribution < -0.4 is 31.4 Å². The lowest BCUT2D eigenvalue weighted by Crippen LogP contribution is -2.18. The molecule has 1 heterocycles. The summed E-state index contributed by atoms with van der Waals surface area (Å²) in [7, 11) is 3.21. The number of hydrogen-bond acceptors (Lipinski definition) is 6. The van der Waals surface area contributed by atoms with Crippen molar-refractivity contribution < 1.29 is 19.0 Å². The first-order valence-electron chi connectivity index (χ1n) is 8.37. The number of pyridine rings is 1. The van der Waals surface area contributed by atoms with Crippen LogP contribution in [0.5, 0.6) is 23.0 Å². The van der Waals surface area contributed by atoms with Crippen molar-refractivity contribution >= 4 is 22.6 Å². The minimum absolute atomic E-state index is 0.632.